The second kappa shape index (κ2) is 6.29. The van der Waals surface area contributed by atoms with E-state index in [4.69, 9.17) is 5.11 Å². The molecule has 132 valence electrons. The van der Waals surface area contributed by atoms with Gasteiger partial charge in [-0.1, -0.05) is 24.3 Å². The van der Waals surface area contributed by atoms with Crippen molar-refractivity contribution in [2.24, 2.45) is 7.05 Å². The lowest BCUT2D eigenvalue weighted by Crippen LogP contribution is -2.37. The van der Waals surface area contributed by atoms with Gasteiger partial charge in [0.05, 0.1) is 23.2 Å². The molecule has 1 N–H and O–H groups in total. The molecule has 0 aliphatic carbocycles. The van der Waals surface area contributed by atoms with Crippen LogP contribution >= 0.6 is 0 Å². The summed E-state index contributed by atoms with van der Waals surface area (Å²) >= 11 is 0. The van der Waals surface area contributed by atoms with Gasteiger partial charge in [-0.2, -0.15) is 5.10 Å². The van der Waals surface area contributed by atoms with Crippen LogP contribution in [-0.2, 0) is 31.2 Å². The maximum absolute atomic E-state index is 12.8. The predicted molar refractivity (Wildman–Crippen MR) is 96.9 cm³/mol. The summed E-state index contributed by atoms with van der Waals surface area (Å²) in [6.45, 7) is 1.09. The molecule has 3 aromatic rings. The van der Waals surface area contributed by atoms with E-state index in [9.17, 15) is 9.59 Å². The number of fused-ring (bicyclic) bond motifs is 2. The van der Waals surface area contributed by atoms with Crippen molar-refractivity contribution in [3.63, 3.8) is 0 Å². The van der Waals surface area contributed by atoms with E-state index in [1.54, 1.807) is 21.7 Å². The molecule has 26 heavy (non-hydrogen) atoms. The molecule has 6 heteroatoms. The Balaban J connectivity index is 1.56. The normalized spacial score (nSPS) is 13.7. The number of carboxylic acid groups (broad SMARTS) is 1. The van der Waals surface area contributed by atoms with Gasteiger partial charge in [-0.15, -0.1) is 0 Å². The first kappa shape index (κ1) is 16.3. The Morgan fingerprint density at radius 3 is 2.77 bits per heavy atom. The van der Waals surface area contributed by atoms with Gasteiger partial charge in [0.2, 0.25) is 5.91 Å². The van der Waals surface area contributed by atoms with Crippen LogP contribution in [0.5, 0.6) is 0 Å². The van der Waals surface area contributed by atoms with Crippen LogP contribution in [0.4, 0.5) is 0 Å². The lowest BCUT2D eigenvalue weighted by molar-refractivity contribution is -0.131. The molecule has 1 aliphatic rings. The van der Waals surface area contributed by atoms with Crippen LogP contribution in [-0.4, -0.2) is 38.2 Å². The van der Waals surface area contributed by atoms with Crippen LogP contribution in [0.25, 0.3) is 10.9 Å². The van der Waals surface area contributed by atoms with E-state index < -0.39 is 5.97 Å². The first-order chi connectivity index (χ1) is 12.5. The minimum absolute atomic E-state index is 0.0141. The number of carboxylic acids is 1. The zero-order valence-corrected chi connectivity index (χ0v) is 14.5. The van der Waals surface area contributed by atoms with Crippen molar-refractivity contribution in [2.45, 2.75) is 19.4 Å². The van der Waals surface area contributed by atoms with Crippen LogP contribution in [0.2, 0.25) is 0 Å². The molecular weight excluding hydrogens is 330 g/mol. The molecule has 0 bridgehead atoms. The third-order valence-electron chi connectivity index (χ3n) is 4.97. The molecule has 4 rings (SSSR count). The molecule has 6 nitrogen and oxygen atoms in total. The minimum Gasteiger partial charge on any atom is -0.478 e. The van der Waals surface area contributed by atoms with Crippen LogP contribution in [0, 0.1) is 0 Å². The summed E-state index contributed by atoms with van der Waals surface area (Å²) in [4.78, 5) is 25.8. The summed E-state index contributed by atoms with van der Waals surface area (Å²) in [6, 6.07) is 13.0. The number of nitrogens with zero attached hydrogens (tertiary/aromatic N) is 3. The highest BCUT2D eigenvalue weighted by molar-refractivity contribution is 5.89. The molecule has 0 saturated heterocycles. The summed E-state index contributed by atoms with van der Waals surface area (Å²) in [5.74, 6) is -0.934. The number of hydrogen-bond donors (Lipinski definition) is 1. The molecule has 0 radical (unpaired) electrons. The standard InChI is InChI=1S/C20H19N3O3/c1-22-18-5-3-2-4-16(18)17(21-22)11-19(24)23-9-8-13-6-7-14(20(25)26)10-15(13)12-23/h2-7,10H,8-9,11-12H2,1H3,(H,25,26). The smallest absolute Gasteiger partial charge is 0.335 e. The quantitative estimate of drug-likeness (QED) is 0.788. The van der Waals surface area contributed by atoms with E-state index in [0.717, 1.165) is 34.1 Å². The monoisotopic (exact) mass is 349 g/mol. The highest BCUT2D eigenvalue weighted by Gasteiger charge is 2.23. The summed E-state index contributed by atoms with van der Waals surface area (Å²) in [5.41, 5.74) is 4.06. The summed E-state index contributed by atoms with van der Waals surface area (Å²) in [6.07, 6.45) is 0.985. The van der Waals surface area contributed by atoms with Crippen molar-refractivity contribution >= 4 is 22.8 Å². The van der Waals surface area contributed by atoms with Gasteiger partial charge in [0, 0.05) is 25.5 Å². The second-order valence-corrected chi connectivity index (χ2v) is 6.62. The number of benzene rings is 2. The van der Waals surface area contributed by atoms with Gasteiger partial charge >= 0.3 is 5.97 Å². The first-order valence-electron chi connectivity index (χ1n) is 8.56. The number of carbonyl (C=O) groups is 2. The van der Waals surface area contributed by atoms with Crippen molar-refractivity contribution in [2.75, 3.05) is 6.54 Å². The number of para-hydroxylation sites is 1. The lowest BCUT2D eigenvalue weighted by atomic mass is 9.97. The Morgan fingerprint density at radius 1 is 1.15 bits per heavy atom. The Kier molecular flexibility index (Phi) is 3.95. The summed E-state index contributed by atoms with van der Waals surface area (Å²) < 4.78 is 1.79. The van der Waals surface area contributed by atoms with Crippen LogP contribution in [0.15, 0.2) is 42.5 Å². The molecule has 0 unspecified atom stereocenters. The average Bonchev–Trinajstić information content (AvgIpc) is 2.96. The second-order valence-electron chi connectivity index (χ2n) is 6.62. The van der Waals surface area contributed by atoms with E-state index in [2.05, 4.69) is 5.10 Å². The van der Waals surface area contributed by atoms with Crippen LogP contribution in [0.1, 0.15) is 27.2 Å². The number of hydrogen-bond acceptors (Lipinski definition) is 3. The van der Waals surface area contributed by atoms with E-state index in [1.807, 2.05) is 37.4 Å². The van der Waals surface area contributed by atoms with Gasteiger partial charge in [-0.25, -0.2) is 4.79 Å². The van der Waals surface area contributed by atoms with E-state index in [1.165, 1.54) is 0 Å². The number of carbonyl (C=O) groups excluding carboxylic acids is 1. The Bertz CT molecular complexity index is 1020. The van der Waals surface area contributed by atoms with Crippen molar-refractivity contribution in [1.82, 2.24) is 14.7 Å². The van der Waals surface area contributed by atoms with E-state index in [0.29, 0.717) is 13.1 Å². The molecule has 2 heterocycles. The third kappa shape index (κ3) is 2.83. The van der Waals surface area contributed by atoms with Gasteiger partial charge in [0.1, 0.15) is 0 Å². The van der Waals surface area contributed by atoms with E-state index in [-0.39, 0.29) is 17.9 Å². The number of aryl methyl sites for hydroxylation is 1. The zero-order chi connectivity index (χ0) is 18.3. The number of aromatic carboxylic acids is 1. The van der Waals surface area contributed by atoms with Crippen molar-refractivity contribution < 1.29 is 14.7 Å². The Hall–Kier alpha value is -3.15. The number of aromatic nitrogens is 2. The fourth-order valence-electron chi connectivity index (χ4n) is 3.58. The fraction of sp³-hybridized carbons (Fsp3) is 0.250. The minimum atomic E-state index is -0.948. The molecular formula is C20H19N3O3. The topological polar surface area (TPSA) is 75.4 Å². The van der Waals surface area contributed by atoms with Gasteiger partial charge in [-0.05, 0) is 35.7 Å². The molecule has 2 aromatic carbocycles. The van der Waals surface area contributed by atoms with Crippen LogP contribution < -0.4 is 0 Å². The number of rotatable bonds is 3. The zero-order valence-electron chi connectivity index (χ0n) is 14.5. The first-order valence-corrected chi connectivity index (χ1v) is 8.56. The average molecular weight is 349 g/mol. The van der Waals surface area contributed by atoms with Crippen molar-refractivity contribution in [1.29, 1.82) is 0 Å². The maximum Gasteiger partial charge on any atom is 0.335 e. The highest BCUT2D eigenvalue weighted by atomic mass is 16.4. The molecule has 0 fully saturated rings. The molecule has 1 aliphatic heterocycles. The highest BCUT2D eigenvalue weighted by Crippen LogP contribution is 2.23. The molecule has 0 saturated carbocycles. The largest absolute Gasteiger partial charge is 0.478 e. The van der Waals surface area contributed by atoms with Gasteiger partial charge < -0.3 is 10.0 Å². The van der Waals surface area contributed by atoms with Gasteiger partial charge in [0.25, 0.3) is 0 Å². The van der Waals surface area contributed by atoms with Crippen LogP contribution in [0.3, 0.4) is 0 Å². The molecule has 0 spiro atoms. The Morgan fingerprint density at radius 2 is 1.96 bits per heavy atom. The van der Waals surface area contributed by atoms with Crippen molar-refractivity contribution in [3.8, 4) is 0 Å². The molecule has 1 aromatic heterocycles. The van der Waals surface area contributed by atoms with Crippen molar-refractivity contribution in [3.05, 3.63) is 64.8 Å². The third-order valence-corrected chi connectivity index (χ3v) is 4.97. The molecule has 1 amide bonds. The van der Waals surface area contributed by atoms with Gasteiger partial charge in [-0.3, -0.25) is 9.48 Å². The summed E-state index contributed by atoms with van der Waals surface area (Å²) in [5, 5.41) is 14.7. The lowest BCUT2D eigenvalue weighted by Gasteiger charge is -2.29. The fourth-order valence-corrected chi connectivity index (χ4v) is 3.58. The number of amides is 1. The molecule has 0 atom stereocenters. The summed E-state index contributed by atoms with van der Waals surface area (Å²) in [7, 11) is 1.88. The SMILES string of the molecule is Cn1nc(CC(=O)N2CCc3ccc(C(=O)O)cc3C2)c2ccccc21. The maximum atomic E-state index is 12.8. The predicted octanol–water partition coefficient (Wildman–Crippen LogP) is 2.40. The van der Waals surface area contributed by atoms with E-state index >= 15 is 0 Å². The Labute approximate surface area is 150 Å². The van der Waals surface area contributed by atoms with Gasteiger partial charge in [0.15, 0.2) is 0 Å².